The highest BCUT2D eigenvalue weighted by Gasteiger charge is 2.39. The summed E-state index contributed by atoms with van der Waals surface area (Å²) in [6.07, 6.45) is 5.62. The van der Waals surface area contributed by atoms with E-state index in [1.54, 1.807) is 22.7 Å². The van der Waals surface area contributed by atoms with E-state index in [1.807, 2.05) is 49.9 Å². The number of likely N-dealkylation sites (tertiary alicyclic amines) is 2. The number of rotatable bonds is 10. The Bertz CT molecular complexity index is 1730. The van der Waals surface area contributed by atoms with Gasteiger partial charge in [-0.2, -0.15) is 0 Å². The van der Waals surface area contributed by atoms with Gasteiger partial charge in [0.1, 0.15) is 23.7 Å². The average molecular weight is 725 g/mol. The highest BCUT2D eigenvalue weighted by Crippen LogP contribution is 2.44. The molecule has 0 saturated carbocycles. The van der Waals surface area contributed by atoms with Gasteiger partial charge in [0.2, 0.25) is 11.8 Å². The van der Waals surface area contributed by atoms with Gasteiger partial charge in [-0.05, 0) is 37.5 Å². The Kier molecular flexibility index (Phi) is 10.5. The molecule has 4 aromatic heterocycles. The smallest absolute Gasteiger partial charge is 0.407 e. The molecule has 2 fully saturated rings. The standard InChI is InChI=1S/C34H44N8O6S2/c1-17(2)25(39-33(45)47-5)31(43)41-11-7-9-23(41)29-35-13-21(37-29)19-15-49-28-20(16-50-27(19)28)22-14-36-30(38-22)24-10-8-12-42(24)32(44)26(18(3)4)40-34(46)48-6/h13-18,23-26H,7-12H2,1-6H3,(H,35,37)(H,36,38)(H,39,45)(H,40,46). The summed E-state index contributed by atoms with van der Waals surface area (Å²) >= 11 is 3.28. The van der Waals surface area contributed by atoms with E-state index >= 15 is 0 Å². The van der Waals surface area contributed by atoms with Gasteiger partial charge in [-0.1, -0.05) is 27.7 Å². The first-order valence-corrected chi connectivity index (χ1v) is 18.7. The van der Waals surface area contributed by atoms with Crippen LogP contribution in [0.3, 0.4) is 0 Å². The fourth-order valence-corrected chi connectivity index (χ4v) is 9.29. The molecule has 2 aliphatic heterocycles. The monoisotopic (exact) mass is 724 g/mol. The first kappa shape index (κ1) is 35.4. The van der Waals surface area contributed by atoms with Gasteiger partial charge in [0.15, 0.2) is 0 Å². The largest absolute Gasteiger partial charge is 0.453 e. The Balaban J connectivity index is 1.20. The highest BCUT2D eigenvalue weighted by atomic mass is 32.1. The first-order chi connectivity index (χ1) is 24.0. The summed E-state index contributed by atoms with van der Waals surface area (Å²) in [5.74, 6) is 0.929. The number of nitrogens with one attached hydrogen (secondary N) is 4. The van der Waals surface area contributed by atoms with Crippen molar-refractivity contribution in [1.29, 1.82) is 0 Å². The van der Waals surface area contributed by atoms with Crippen LogP contribution in [0.25, 0.3) is 31.9 Å². The van der Waals surface area contributed by atoms with E-state index in [0.29, 0.717) is 13.1 Å². The summed E-state index contributed by atoms with van der Waals surface area (Å²) in [6, 6.07) is -1.83. The summed E-state index contributed by atoms with van der Waals surface area (Å²) in [7, 11) is 2.57. The summed E-state index contributed by atoms with van der Waals surface area (Å²) in [5.41, 5.74) is 3.82. The van der Waals surface area contributed by atoms with Gasteiger partial charge >= 0.3 is 12.2 Å². The number of alkyl carbamates (subject to hydrolysis) is 2. The van der Waals surface area contributed by atoms with Crippen LogP contribution in [0.5, 0.6) is 0 Å². The minimum atomic E-state index is -0.695. The van der Waals surface area contributed by atoms with Crippen LogP contribution in [-0.4, -0.2) is 93.1 Å². The first-order valence-electron chi connectivity index (χ1n) is 16.9. The molecule has 268 valence electrons. The van der Waals surface area contributed by atoms with Crippen LogP contribution in [0.2, 0.25) is 0 Å². The molecule has 6 rings (SSSR count). The molecule has 4 aromatic rings. The normalized spacial score (nSPS) is 19.0. The molecule has 2 aliphatic rings. The van der Waals surface area contributed by atoms with Crippen LogP contribution in [0.4, 0.5) is 9.59 Å². The van der Waals surface area contributed by atoms with Crippen molar-refractivity contribution in [2.45, 2.75) is 77.5 Å². The second-order valence-electron chi connectivity index (χ2n) is 13.4. The van der Waals surface area contributed by atoms with Crippen molar-refractivity contribution in [3.05, 3.63) is 34.8 Å². The van der Waals surface area contributed by atoms with Crippen molar-refractivity contribution in [1.82, 2.24) is 40.4 Å². The lowest BCUT2D eigenvalue weighted by atomic mass is 10.0. The number of carbonyl (C=O) groups is 4. The van der Waals surface area contributed by atoms with Crippen molar-refractivity contribution in [2.75, 3.05) is 27.3 Å². The third kappa shape index (κ3) is 6.82. The lowest BCUT2D eigenvalue weighted by Crippen LogP contribution is -2.51. The molecule has 4 atom stereocenters. The number of fused-ring (bicyclic) bond motifs is 1. The lowest BCUT2D eigenvalue weighted by molar-refractivity contribution is -0.136. The third-order valence-corrected chi connectivity index (χ3v) is 11.7. The van der Waals surface area contributed by atoms with Crippen LogP contribution in [0, 0.1) is 11.8 Å². The Labute approximate surface area is 298 Å². The number of nitrogens with zero attached hydrogens (tertiary/aromatic N) is 4. The maximum Gasteiger partial charge on any atom is 0.407 e. The number of amides is 4. The minimum Gasteiger partial charge on any atom is -0.453 e. The van der Waals surface area contributed by atoms with Crippen molar-refractivity contribution in [3.63, 3.8) is 0 Å². The second kappa shape index (κ2) is 14.8. The highest BCUT2D eigenvalue weighted by molar-refractivity contribution is 7.27. The molecule has 0 radical (unpaired) electrons. The molecule has 4 unspecified atom stereocenters. The third-order valence-electron chi connectivity index (χ3n) is 9.54. The molecule has 14 nitrogen and oxygen atoms in total. The van der Waals surface area contributed by atoms with Gasteiger partial charge in [-0.3, -0.25) is 9.59 Å². The maximum atomic E-state index is 13.6. The van der Waals surface area contributed by atoms with Crippen molar-refractivity contribution < 1.29 is 28.7 Å². The Morgan fingerprint density at radius 2 is 1.14 bits per heavy atom. The van der Waals surface area contributed by atoms with Crippen molar-refractivity contribution >= 4 is 56.1 Å². The van der Waals surface area contributed by atoms with E-state index in [0.717, 1.165) is 69.2 Å². The molecule has 0 aliphatic carbocycles. The van der Waals surface area contributed by atoms with Crippen LogP contribution in [-0.2, 0) is 19.1 Å². The molecule has 0 spiro atoms. The van der Waals surface area contributed by atoms with E-state index < -0.39 is 24.3 Å². The zero-order valence-electron chi connectivity index (χ0n) is 29.1. The molecule has 4 N–H and O–H groups in total. The number of H-pyrrole nitrogens is 2. The summed E-state index contributed by atoms with van der Waals surface area (Å²) < 4.78 is 11.7. The van der Waals surface area contributed by atoms with Gasteiger partial charge in [0, 0.05) is 35.0 Å². The fourth-order valence-electron chi connectivity index (χ4n) is 6.86. The number of ether oxygens (including phenoxy) is 2. The average Bonchev–Trinajstić information content (AvgIpc) is 3.94. The molecule has 6 heterocycles. The molecule has 16 heteroatoms. The molecule has 4 amide bonds. The molecule has 2 saturated heterocycles. The zero-order chi connectivity index (χ0) is 35.7. The molecule has 0 bridgehead atoms. The fraction of sp³-hybridized carbons (Fsp3) is 0.529. The van der Waals surface area contributed by atoms with Crippen LogP contribution in [0.15, 0.2) is 23.2 Å². The van der Waals surface area contributed by atoms with E-state index in [4.69, 9.17) is 19.4 Å². The number of imidazole rings is 2. The SMILES string of the molecule is COC(=O)NC(C(=O)N1CCCC1c1ncc(-c2csc3c(-c4cnc(C5CCCN5C(=O)C(NC(=O)OC)C(C)C)[nH]4)csc23)[nH]1)C(C)C. The number of hydrogen-bond donors (Lipinski definition) is 4. The summed E-state index contributed by atoms with van der Waals surface area (Å²) in [5, 5.41) is 9.62. The number of thiophene rings is 2. The predicted octanol–water partition coefficient (Wildman–Crippen LogP) is 5.83. The van der Waals surface area contributed by atoms with Crippen LogP contribution < -0.4 is 10.6 Å². The number of methoxy groups -OCH3 is 2. The van der Waals surface area contributed by atoms with E-state index in [1.165, 1.54) is 14.2 Å². The van der Waals surface area contributed by atoms with Gasteiger partial charge in [-0.15, -0.1) is 22.7 Å². The topological polar surface area (TPSA) is 175 Å². The van der Waals surface area contributed by atoms with E-state index in [2.05, 4.69) is 31.4 Å². The second-order valence-corrected chi connectivity index (χ2v) is 15.2. The quantitative estimate of drug-likeness (QED) is 0.158. The lowest BCUT2D eigenvalue weighted by Gasteiger charge is -2.30. The van der Waals surface area contributed by atoms with E-state index in [-0.39, 0.29) is 35.7 Å². The van der Waals surface area contributed by atoms with Crippen molar-refractivity contribution in [3.8, 4) is 22.5 Å². The van der Waals surface area contributed by atoms with Crippen LogP contribution in [0.1, 0.15) is 77.1 Å². The number of aromatic amines is 2. The molecular formula is C34H44N8O6S2. The van der Waals surface area contributed by atoms with Gasteiger partial charge in [0.05, 0.1) is 59.5 Å². The predicted molar refractivity (Wildman–Crippen MR) is 191 cm³/mol. The summed E-state index contributed by atoms with van der Waals surface area (Å²) in [6.45, 7) is 8.77. The van der Waals surface area contributed by atoms with Gasteiger partial charge in [0.25, 0.3) is 0 Å². The Morgan fingerprint density at radius 3 is 1.50 bits per heavy atom. The summed E-state index contributed by atoms with van der Waals surface area (Å²) in [4.78, 5) is 71.1. The Morgan fingerprint density at radius 1 is 0.740 bits per heavy atom. The van der Waals surface area contributed by atoms with Crippen molar-refractivity contribution in [2.24, 2.45) is 11.8 Å². The Hall–Kier alpha value is -4.44. The maximum absolute atomic E-state index is 13.6. The molecular weight excluding hydrogens is 681 g/mol. The van der Waals surface area contributed by atoms with Gasteiger partial charge in [-0.25, -0.2) is 19.6 Å². The molecule has 0 aromatic carbocycles. The number of carbonyl (C=O) groups excluding carboxylic acids is 4. The number of aromatic nitrogens is 4. The van der Waals surface area contributed by atoms with Gasteiger partial charge < -0.3 is 39.9 Å². The minimum absolute atomic E-state index is 0.111. The number of hydrogen-bond acceptors (Lipinski definition) is 10. The van der Waals surface area contributed by atoms with Crippen LogP contribution >= 0.6 is 22.7 Å². The molecule has 50 heavy (non-hydrogen) atoms. The zero-order valence-corrected chi connectivity index (χ0v) is 30.7. The van der Waals surface area contributed by atoms with E-state index in [9.17, 15) is 19.2 Å².